The number of piperazine rings is 1. The molecular formula is C18H22N6O. The third-order valence-corrected chi connectivity index (χ3v) is 5.00. The summed E-state index contributed by atoms with van der Waals surface area (Å²) in [5.74, 6) is 1.59. The molecule has 25 heavy (non-hydrogen) atoms. The van der Waals surface area contributed by atoms with Crippen molar-refractivity contribution < 1.29 is 4.79 Å². The Morgan fingerprint density at radius 3 is 2.68 bits per heavy atom. The molecule has 3 heterocycles. The molecule has 130 valence electrons. The first kappa shape index (κ1) is 15.8. The van der Waals surface area contributed by atoms with Gasteiger partial charge >= 0.3 is 0 Å². The molecule has 2 aliphatic heterocycles. The zero-order valence-electron chi connectivity index (χ0n) is 14.6. The minimum atomic E-state index is 0.120. The third-order valence-electron chi connectivity index (χ3n) is 5.00. The molecule has 0 spiro atoms. The van der Waals surface area contributed by atoms with Gasteiger partial charge in [-0.15, -0.1) is 5.10 Å². The molecule has 0 bridgehead atoms. The summed E-state index contributed by atoms with van der Waals surface area (Å²) in [7, 11) is 0. The van der Waals surface area contributed by atoms with Gasteiger partial charge in [-0.1, -0.05) is 18.2 Å². The van der Waals surface area contributed by atoms with E-state index in [1.165, 1.54) is 11.3 Å². The van der Waals surface area contributed by atoms with Gasteiger partial charge in [-0.2, -0.15) is 10.1 Å². The average Bonchev–Trinajstić information content (AvgIpc) is 2.97. The highest BCUT2D eigenvalue weighted by atomic mass is 16.2. The summed E-state index contributed by atoms with van der Waals surface area (Å²) in [5.41, 5.74) is 2.54. The van der Waals surface area contributed by atoms with Crippen molar-refractivity contribution in [2.45, 2.75) is 26.3 Å². The summed E-state index contributed by atoms with van der Waals surface area (Å²) < 4.78 is 0. The number of carbonyl (C=O) groups excluding carboxylic acids is 1. The number of nitrogens with zero attached hydrogens (tertiary/aromatic N) is 6. The van der Waals surface area contributed by atoms with Crippen molar-refractivity contribution >= 4 is 23.4 Å². The maximum Gasteiger partial charge on any atom is 0.247 e. The van der Waals surface area contributed by atoms with Crippen LogP contribution in [-0.4, -0.2) is 58.2 Å². The van der Waals surface area contributed by atoms with Gasteiger partial charge < -0.3 is 14.7 Å². The van der Waals surface area contributed by atoms with Gasteiger partial charge in [0.15, 0.2) is 5.82 Å². The second-order valence-electron chi connectivity index (χ2n) is 6.66. The van der Waals surface area contributed by atoms with Crippen LogP contribution >= 0.6 is 0 Å². The first-order chi connectivity index (χ1) is 12.1. The van der Waals surface area contributed by atoms with Crippen LogP contribution in [0.15, 0.2) is 30.5 Å². The van der Waals surface area contributed by atoms with Gasteiger partial charge in [-0.05, 0) is 25.0 Å². The van der Waals surface area contributed by atoms with Crippen LogP contribution in [0.2, 0.25) is 0 Å². The maximum atomic E-state index is 11.5. The summed E-state index contributed by atoms with van der Waals surface area (Å²) in [5, 5.41) is 8.41. The summed E-state index contributed by atoms with van der Waals surface area (Å²) in [6, 6.07) is 8.78. The predicted molar refractivity (Wildman–Crippen MR) is 96.0 cm³/mol. The van der Waals surface area contributed by atoms with Crippen LogP contribution in [0.5, 0.6) is 0 Å². The van der Waals surface area contributed by atoms with E-state index in [2.05, 4.69) is 51.2 Å². The highest BCUT2D eigenvalue weighted by Gasteiger charge is 2.29. The molecule has 0 radical (unpaired) electrons. The number of benzene rings is 1. The number of anilines is 3. The molecule has 2 aliphatic rings. The monoisotopic (exact) mass is 338 g/mol. The molecule has 2 aromatic rings. The molecule has 7 nitrogen and oxygen atoms in total. The Kier molecular flexibility index (Phi) is 3.99. The molecule has 1 amide bonds. The van der Waals surface area contributed by atoms with E-state index in [0.29, 0.717) is 25.1 Å². The highest BCUT2D eigenvalue weighted by Crippen LogP contribution is 2.37. The van der Waals surface area contributed by atoms with E-state index in [0.717, 1.165) is 25.3 Å². The topological polar surface area (TPSA) is 65.5 Å². The molecule has 1 saturated heterocycles. The zero-order chi connectivity index (χ0) is 17.4. The molecule has 0 N–H and O–H groups in total. The molecule has 1 atom stereocenters. The number of fused-ring (bicyclic) bond motifs is 1. The van der Waals surface area contributed by atoms with E-state index < -0.39 is 0 Å². The molecule has 1 aromatic heterocycles. The smallest absolute Gasteiger partial charge is 0.247 e. The Morgan fingerprint density at radius 1 is 1.16 bits per heavy atom. The number of para-hydroxylation sites is 1. The Morgan fingerprint density at radius 2 is 1.92 bits per heavy atom. The van der Waals surface area contributed by atoms with E-state index in [-0.39, 0.29) is 5.91 Å². The van der Waals surface area contributed by atoms with E-state index >= 15 is 0 Å². The summed E-state index contributed by atoms with van der Waals surface area (Å²) in [6.45, 7) is 6.68. The Balaban J connectivity index is 1.58. The van der Waals surface area contributed by atoms with Crippen LogP contribution < -0.4 is 9.80 Å². The van der Waals surface area contributed by atoms with E-state index in [9.17, 15) is 4.79 Å². The Bertz CT molecular complexity index is 787. The Hall–Kier alpha value is -2.70. The second kappa shape index (κ2) is 6.31. The van der Waals surface area contributed by atoms with Gasteiger partial charge in [0.1, 0.15) is 0 Å². The van der Waals surface area contributed by atoms with Crippen molar-refractivity contribution in [3.63, 3.8) is 0 Å². The van der Waals surface area contributed by atoms with Crippen molar-refractivity contribution in [2.75, 3.05) is 36.0 Å². The number of aromatic nitrogens is 3. The van der Waals surface area contributed by atoms with Crippen LogP contribution in [-0.2, 0) is 11.2 Å². The van der Waals surface area contributed by atoms with Gasteiger partial charge in [-0.25, -0.2) is 0 Å². The SMILES string of the molecule is CC(=O)N1CCN(c2nncc(N3c4ccccc4CC3C)n2)CC1. The molecule has 0 aliphatic carbocycles. The van der Waals surface area contributed by atoms with Gasteiger partial charge in [0, 0.05) is 44.8 Å². The highest BCUT2D eigenvalue weighted by molar-refractivity contribution is 5.73. The number of carbonyl (C=O) groups is 1. The quantitative estimate of drug-likeness (QED) is 0.829. The van der Waals surface area contributed by atoms with Crippen LogP contribution in [0.25, 0.3) is 0 Å². The fourth-order valence-corrected chi connectivity index (χ4v) is 3.67. The summed E-state index contributed by atoms with van der Waals surface area (Å²) in [6.07, 6.45) is 2.74. The third kappa shape index (κ3) is 2.90. The lowest BCUT2D eigenvalue weighted by Gasteiger charge is -2.34. The molecule has 4 rings (SSSR count). The van der Waals surface area contributed by atoms with Gasteiger partial charge in [0.2, 0.25) is 11.9 Å². The normalized spacial score (nSPS) is 19.9. The molecule has 1 aromatic carbocycles. The van der Waals surface area contributed by atoms with Gasteiger partial charge in [-0.3, -0.25) is 4.79 Å². The largest absolute Gasteiger partial charge is 0.339 e. The van der Waals surface area contributed by atoms with Crippen LogP contribution in [0.4, 0.5) is 17.5 Å². The van der Waals surface area contributed by atoms with Crippen LogP contribution in [0.3, 0.4) is 0 Å². The predicted octanol–water partition coefficient (Wildman–Crippen LogP) is 1.62. The van der Waals surface area contributed by atoms with Crippen LogP contribution in [0.1, 0.15) is 19.4 Å². The maximum absolute atomic E-state index is 11.5. The summed E-state index contributed by atoms with van der Waals surface area (Å²) >= 11 is 0. The molecule has 1 unspecified atom stereocenters. The molecule has 1 fully saturated rings. The first-order valence-electron chi connectivity index (χ1n) is 8.71. The van der Waals surface area contributed by atoms with Crippen molar-refractivity contribution in [1.29, 1.82) is 0 Å². The van der Waals surface area contributed by atoms with Crippen LogP contribution in [0, 0.1) is 0 Å². The fraction of sp³-hybridized carbons (Fsp3) is 0.444. The molecule has 7 heteroatoms. The van der Waals surface area contributed by atoms with E-state index in [1.54, 1.807) is 13.1 Å². The van der Waals surface area contributed by atoms with Gasteiger partial charge in [0.05, 0.1) is 6.20 Å². The minimum absolute atomic E-state index is 0.120. The number of rotatable bonds is 2. The lowest BCUT2D eigenvalue weighted by molar-refractivity contribution is -0.129. The summed E-state index contributed by atoms with van der Waals surface area (Å²) in [4.78, 5) is 22.4. The van der Waals surface area contributed by atoms with Crippen molar-refractivity contribution in [2.24, 2.45) is 0 Å². The number of hydrogen-bond donors (Lipinski definition) is 0. The number of amides is 1. The van der Waals surface area contributed by atoms with Crippen molar-refractivity contribution in [1.82, 2.24) is 20.1 Å². The molecule has 0 saturated carbocycles. The van der Waals surface area contributed by atoms with E-state index in [1.807, 2.05) is 4.90 Å². The van der Waals surface area contributed by atoms with Crippen molar-refractivity contribution in [3.05, 3.63) is 36.0 Å². The standard InChI is InChI=1S/C18H22N6O/c1-13-11-15-5-3-4-6-16(15)24(13)17-12-19-21-18(20-17)23-9-7-22(8-10-23)14(2)25/h3-6,12-13H,7-11H2,1-2H3. The lowest BCUT2D eigenvalue weighted by Crippen LogP contribution is -2.48. The zero-order valence-corrected chi connectivity index (χ0v) is 14.6. The minimum Gasteiger partial charge on any atom is -0.339 e. The lowest BCUT2D eigenvalue weighted by atomic mass is 10.1. The average molecular weight is 338 g/mol. The second-order valence-corrected chi connectivity index (χ2v) is 6.66. The first-order valence-corrected chi connectivity index (χ1v) is 8.71. The molecular weight excluding hydrogens is 316 g/mol. The van der Waals surface area contributed by atoms with E-state index in [4.69, 9.17) is 4.98 Å². The van der Waals surface area contributed by atoms with Crippen molar-refractivity contribution in [3.8, 4) is 0 Å². The van der Waals surface area contributed by atoms with Gasteiger partial charge in [0.25, 0.3) is 0 Å². The Labute approximate surface area is 147 Å². The number of hydrogen-bond acceptors (Lipinski definition) is 6. The fourth-order valence-electron chi connectivity index (χ4n) is 3.67.